The van der Waals surface area contributed by atoms with Crippen LogP contribution in [0.15, 0.2) is 60.7 Å². The molecule has 0 unspecified atom stereocenters. The normalized spacial score (nSPS) is 13.0. The molecule has 0 bridgehead atoms. The number of hydrogen-bond acceptors (Lipinski definition) is 5. The molecule has 1 N–H and O–H groups in total. The fourth-order valence-electron chi connectivity index (χ4n) is 4.44. The molecule has 0 saturated carbocycles. The molecule has 1 aliphatic rings. The van der Waals surface area contributed by atoms with Gasteiger partial charge >= 0.3 is 12.1 Å². The van der Waals surface area contributed by atoms with E-state index in [1.807, 2.05) is 6.07 Å². The Morgan fingerprint density at radius 3 is 2.25 bits per heavy atom. The molecule has 0 atom stereocenters. The second-order valence-electron chi connectivity index (χ2n) is 9.90. The van der Waals surface area contributed by atoms with E-state index in [1.165, 1.54) is 45.0 Å². The van der Waals surface area contributed by atoms with Crippen LogP contribution in [0.4, 0.5) is 18.9 Å². The number of nitrogens with one attached hydrogen (secondary N) is 1. The van der Waals surface area contributed by atoms with Crippen molar-refractivity contribution in [2.75, 3.05) is 11.9 Å². The third-order valence-corrected chi connectivity index (χ3v) is 6.54. The quantitative estimate of drug-likeness (QED) is 0.351. The summed E-state index contributed by atoms with van der Waals surface area (Å²) in [4.78, 5) is 39.5. The minimum absolute atomic E-state index is 0.0504. The molecule has 3 aromatic carbocycles. The zero-order valence-corrected chi connectivity index (χ0v) is 22.5. The highest BCUT2D eigenvalue weighted by Crippen LogP contribution is 2.38. The van der Waals surface area contributed by atoms with Gasteiger partial charge in [0.1, 0.15) is 5.75 Å². The Balaban J connectivity index is 1.72. The summed E-state index contributed by atoms with van der Waals surface area (Å²) in [6.07, 6.45) is -4.54. The van der Waals surface area contributed by atoms with Crippen molar-refractivity contribution in [1.29, 1.82) is 0 Å². The number of ether oxygens (including phenoxy) is 2. The van der Waals surface area contributed by atoms with E-state index < -0.39 is 29.2 Å². The van der Waals surface area contributed by atoms with Crippen LogP contribution in [0, 0.1) is 0 Å². The highest BCUT2D eigenvalue weighted by molar-refractivity contribution is 6.09. The lowest BCUT2D eigenvalue weighted by Crippen LogP contribution is -2.40. The summed E-state index contributed by atoms with van der Waals surface area (Å²) in [5.74, 6) is -1.10. The van der Waals surface area contributed by atoms with E-state index in [4.69, 9.17) is 9.47 Å². The molecule has 0 aromatic heterocycles. The van der Waals surface area contributed by atoms with E-state index in [0.717, 1.165) is 23.3 Å². The zero-order chi connectivity index (χ0) is 29.2. The predicted octanol–water partition coefficient (Wildman–Crippen LogP) is 6.21. The molecule has 2 amide bonds. The third kappa shape index (κ3) is 6.11. The summed E-state index contributed by atoms with van der Waals surface area (Å²) in [6.45, 7) is 7.21. The van der Waals surface area contributed by atoms with E-state index in [1.54, 1.807) is 30.0 Å². The summed E-state index contributed by atoms with van der Waals surface area (Å²) in [5, 5.41) is 2.84. The molecule has 0 saturated heterocycles. The molecule has 0 aliphatic carbocycles. The Labute approximate surface area is 229 Å². The molecule has 10 heteroatoms. The molecule has 7 nitrogen and oxygen atoms in total. The Morgan fingerprint density at radius 2 is 1.62 bits per heavy atom. The van der Waals surface area contributed by atoms with Crippen molar-refractivity contribution in [2.24, 2.45) is 0 Å². The number of fused-ring (bicyclic) bond motifs is 1. The minimum Gasteiger partial charge on any atom is -0.475 e. The molecule has 40 heavy (non-hydrogen) atoms. The molecular weight excluding hydrogens is 525 g/mol. The number of rotatable bonds is 7. The van der Waals surface area contributed by atoms with Crippen LogP contribution in [-0.4, -0.2) is 34.9 Å². The number of carbonyl (C=O) groups is 3. The Morgan fingerprint density at radius 1 is 0.950 bits per heavy atom. The molecule has 4 rings (SSSR count). The minimum atomic E-state index is -4.54. The van der Waals surface area contributed by atoms with Crippen LogP contribution >= 0.6 is 0 Å². The van der Waals surface area contributed by atoms with Crippen LogP contribution < -0.4 is 10.1 Å². The number of carbonyl (C=O) groups excluding carboxylic acids is 3. The van der Waals surface area contributed by atoms with Crippen LogP contribution in [0.3, 0.4) is 0 Å². The fraction of sp³-hybridized carbons (Fsp3) is 0.300. The maximum Gasteiger partial charge on any atom is 0.416 e. The smallest absolute Gasteiger partial charge is 0.416 e. The Hall–Kier alpha value is -4.34. The van der Waals surface area contributed by atoms with Gasteiger partial charge in [0.2, 0.25) is 5.91 Å². The second-order valence-corrected chi connectivity index (χ2v) is 9.90. The number of alkyl halides is 3. The highest BCUT2D eigenvalue weighted by Gasteiger charge is 2.34. The first-order chi connectivity index (χ1) is 18.8. The van der Waals surface area contributed by atoms with Crippen molar-refractivity contribution in [3.8, 4) is 16.9 Å². The van der Waals surface area contributed by atoms with E-state index in [2.05, 4.69) is 5.32 Å². The zero-order valence-electron chi connectivity index (χ0n) is 22.5. The van der Waals surface area contributed by atoms with Gasteiger partial charge in [0.15, 0.2) is 5.60 Å². The van der Waals surface area contributed by atoms with Crippen molar-refractivity contribution in [3.63, 3.8) is 0 Å². The molecule has 1 heterocycles. The van der Waals surface area contributed by atoms with Crippen LogP contribution in [-0.2, 0) is 33.6 Å². The maximum atomic E-state index is 13.6. The summed E-state index contributed by atoms with van der Waals surface area (Å²) in [5.41, 5.74) is 0.724. The van der Waals surface area contributed by atoms with Gasteiger partial charge in [-0.3, -0.25) is 9.59 Å². The number of hydrogen-bond donors (Lipinski definition) is 1. The van der Waals surface area contributed by atoms with E-state index in [9.17, 15) is 27.6 Å². The lowest BCUT2D eigenvalue weighted by atomic mass is 9.96. The summed E-state index contributed by atoms with van der Waals surface area (Å²) in [7, 11) is 0. The maximum absolute atomic E-state index is 13.6. The number of amides is 2. The lowest BCUT2D eigenvalue weighted by Gasteiger charge is -2.26. The average molecular weight is 555 g/mol. The summed E-state index contributed by atoms with van der Waals surface area (Å²) in [6, 6.07) is 14.3. The van der Waals surface area contributed by atoms with Crippen molar-refractivity contribution >= 4 is 23.5 Å². The van der Waals surface area contributed by atoms with Crippen molar-refractivity contribution in [3.05, 3.63) is 82.9 Å². The topological polar surface area (TPSA) is 84.9 Å². The number of nitrogens with zero attached hydrogens (tertiary/aromatic N) is 1. The largest absolute Gasteiger partial charge is 0.475 e. The van der Waals surface area contributed by atoms with Gasteiger partial charge in [-0.1, -0.05) is 24.3 Å². The van der Waals surface area contributed by atoms with Gasteiger partial charge in [-0.2, -0.15) is 13.2 Å². The van der Waals surface area contributed by atoms with Gasteiger partial charge in [-0.25, -0.2) is 4.79 Å². The molecule has 210 valence electrons. The van der Waals surface area contributed by atoms with Crippen LogP contribution in [0.25, 0.3) is 11.1 Å². The summed E-state index contributed by atoms with van der Waals surface area (Å²) >= 11 is 0. The third-order valence-electron chi connectivity index (χ3n) is 6.54. The van der Waals surface area contributed by atoms with Gasteiger partial charge in [0.05, 0.1) is 17.7 Å². The van der Waals surface area contributed by atoms with Gasteiger partial charge in [0, 0.05) is 31.3 Å². The number of anilines is 1. The molecule has 0 spiro atoms. The second kappa shape index (κ2) is 11.0. The number of halogens is 3. The van der Waals surface area contributed by atoms with Crippen LogP contribution in [0.5, 0.6) is 5.75 Å². The monoisotopic (exact) mass is 554 g/mol. The standard InChI is InChI=1S/C30H29F3N2O5/c1-5-39-28(38)29(3,4)40-25-8-6-7-24(26(25)19-9-12-22(13-10-19)30(31,32)33)27(37)34-23-14-11-20-16-35(18(2)36)17-21(20)15-23/h6-15H,5,16-17H2,1-4H3,(H,34,37). The van der Waals surface area contributed by atoms with Gasteiger partial charge < -0.3 is 19.7 Å². The van der Waals surface area contributed by atoms with Gasteiger partial charge in [-0.15, -0.1) is 0 Å². The van der Waals surface area contributed by atoms with Crippen molar-refractivity contribution < 1.29 is 37.0 Å². The lowest BCUT2D eigenvalue weighted by molar-refractivity contribution is -0.158. The molecule has 1 aliphatic heterocycles. The van der Waals surface area contributed by atoms with E-state index in [-0.39, 0.29) is 29.4 Å². The molecule has 0 fully saturated rings. The van der Waals surface area contributed by atoms with Crippen LogP contribution in [0.2, 0.25) is 0 Å². The molecular formula is C30H29F3N2O5. The fourth-order valence-corrected chi connectivity index (χ4v) is 4.44. The van der Waals surface area contributed by atoms with Crippen LogP contribution in [0.1, 0.15) is 54.7 Å². The first-order valence-corrected chi connectivity index (χ1v) is 12.7. The average Bonchev–Trinajstić information content (AvgIpc) is 3.32. The summed E-state index contributed by atoms with van der Waals surface area (Å²) < 4.78 is 50.8. The van der Waals surface area contributed by atoms with E-state index in [0.29, 0.717) is 24.3 Å². The Kier molecular flexibility index (Phi) is 7.91. The van der Waals surface area contributed by atoms with E-state index >= 15 is 0 Å². The first-order valence-electron chi connectivity index (χ1n) is 12.7. The molecule has 0 radical (unpaired) electrons. The van der Waals surface area contributed by atoms with Crippen molar-refractivity contribution in [1.82, 2.24) is 4.90 Å². The molecule has 3 aromatic rings. The Bertz CT molecular complexity index is 1450. The van der Waals surface area contributed by atoms with Crippen molar-refractivity contribution in [2.45, 2.75) is 52.6 Å². The SMILES string of the molecule is CCOC(=O)C(C)(C)Oc1cccc(C(=O)Nc2ccc3c(c2)CN(C(C)=O)C3)c1-c1ccc(C(F)(F)F)cc1. The first kappa shape index (κ1) is 28.7. The van der Waals surface area contributed by atoms with Gasteiger partial charge in [-0.05, 0) is 73.9 Å². The van der Waals surface area contributed by atoms with Gasteiger partial charge in [0.25, 0.3) is 5.91 Å². The predicted molar refractivity (Wildman–Crippen MR) is 143 cm³/mol. The number of esters is 1. The highest BCUT2D eigenvalue weighted by atomic mass is 19.4. The number of benzene rings is 3.